The van der Waals surface area contributed by atoms with Gasteiger partial charge in [-0.3, -0.25) is 0 Å². The summed E-state index contributed by atoms with van der Waals surface area (Å²) in [6.45, 7) is 1.56. The first-order valence-electron chi connectivity index (χ1n) is 4.59. The van der Waals surface area contributed by atoms with Crippen LogP contribution in [0.2, 0.25) is 0 Å². The Kier molecular flexibility index (Phi) is 2.19. The van der Waals surface area contributed by atoms with Crippen molar-refractivity contribution in [3.63, 3.8) is 0 Å². The molecule has 2 aromatic rings. The molecule has 0 bridgehead atoms. The monoisotopic (exact) mass is 207 g/mol. The molecule has 0 radical (unpaired) electrons. The minimum atomic E-state index is -0.934. The Morgan fingerprint density at radius 1 is 1.47 bits per heavy atom. The van der Waals surface area contributed by atoms with Crippen molar-refractivity contribution in [3.8, 4) is 0 Å². The van der Waals surface area contributed by atoms with E-state index in [1.165, 1.54) is 6.07 Å². The molecule has 0 amide bonds. The third kappa shape index (κ3) is 1.48. The van der Waals surface area contributed by atoms with Crippen LogP contribution >= 0.6 is 0 Å². The van der Waals surface area contributed by atoms with Crippen LogP contribution in [0.4, 0.5) is 4.39 Å². The first-order valence-corrected chi connectivity index (χ1v) is 4.59. The SMILES string of the molecule is C[C@@H](C(=O)O)n1ccc2c(F)cccc21. The van der Waals surface area contributed by atoms with Crippen molar-refractivity contribution in [3.05, 3.63) is 36.3 Å². The first kappa shape index (κ1) is 9.71. The van der Waals surface area contributed by atoms with Crippen molar-refractivity contribution in [2.75, 3.05) is 0 Å². The summed E-state index contributed by atoms with van der Waals surface area (Å²) in [5, 5.41) is 9.32. The Morgan fingerprint density at radius 3 is 2.87 bits per heavy atom. The summed E-state index contributed by atoms with van der Waals surface area (Å²) < 4.78 is 14.8. The van der Waals surface area contributed by atoms with Crippen LogP contribution in [-0.4, -0.2) is 15.6 Å². The number of aromatic nitrogens is 1. The fourth-order valence-electron chi connectivity index (χ4n) is 1.61. The fourth-order valence-corrected chi connectivity index (χ4v) is 1.61. The second-order valence-electron chi connectivity index (χ2n) is 3.41. The largest absolute Gasteiger partial charge is 0.480 e. The molecule has 15 heavy (non-hydrogen) atoms. The lowest BCUT2D eigenvalue weighted by molar-refractivity contribution is -0.140. The maximum absolute atomic E-state index is 13.3. The van der Waals surface area contributed by atoms with E-state index >= 15 is 0 Å². The van der Waals surface area contributed by atoms with Gasteiger partial charge in [0.15, 0.2) is 0 Å². The lowest BCUT2D eigenvalue weighted by atomic mass is 10.2. The van der Waals surface area contributed by atoms with E-state index < -0.39 is 12.0 Å². The Hall–Kier alpha value is -1.84. The predicted octanol–water partition coefficient (Wildman–Crippen LogP) is 2.43. The molecule has 0 aliphatic heterocycles. The van der Waals surface area contributed by atoms with Crippen LogP contribution in [-0.2, 0) is 4.79 Å². The summed E-state index contributed by atoms with van der Waals surface area (Å²) in [6, 6.07) is 5.53. The molecule has 2 rings (SSSR count). The van der Waals surface area contributed by atoms with Crippen LogP contribution in [0, 0.1) is 5.82 Å². The van der Waals surface area contributed by atoms with Gasteiger partial charge in [0.2, 0.25) is 0 Å². The molecule has 1 N–H and O–H groups in total. The summed E-state index contributed by atoms with van der Waals surface area (Å²) >= 11 is 0. The summed E-state index contributed by atoms with van der Waals surface area (Å²) in [6.07, 6.45) is 1.59. The second-order valence-corrected chi connectivity index (χ2v) is 3.41. The van der Waals surface area contributed by atoms with Crippen molar-refractivity contribution < 1.29 is 14.3 Å². The van der Waals surface area contributed by atoms with Crippen molar-refractivity contribution >= 4 is 16.9 Å². The van der Waals surface area contributed by atoms with Crippen LogP contribution in [0.25, 0.3) is 10.9 Å². The number of fused-ring (bicyclic) bond motifs is 1. The van der Waals surface area contributed by atoms with E-state index in [0.29, 0.717) is 10.9 Å². The summed E-state index contributed by atoms with van der Waals surface area (Å²) in [5.41, 5.74) is 0.602. The van der Waals surface area contributed by atoms with Crippen molar-refractivity contribution in [2.45, 2.75) is 13.0 Å². The molecule has 0 saturated carbocycles. The molecule has 1 aromatic carbocycles. The van der Waals surface area contributed by atoms with Gasteiger partial charge in [0.05, 0.1) is 5.52 Å². The number of hydrogen-bond acceptors (Lipinski definition) is 1. The topological polar surface area (TPSA) is 42.2 Å². The molecule has 0 aliphatic carbocycles. The van der Waals surface area contributed by atoms with Gasteiger partial charge in [0.1, 0.15) is 11.9 Å². The molecule has 1 heterocycles. The quantitative estimate of drug-likeness (QED) is 0.821. The van der Waals surface area contributed by atoms with Gasteiger partial charge in [-0.25, -0.2) is 9.18 Å². The first-order chi connectivity index (χ1) is 7.11. The van der Waals surface area contributed by atoms with Gasteiger partial charge in [-0.15, -0.1) is 0 Å². The maximum atomic E-state index is 13.3. The lowest BCUT2D eigenvalue weighted by Gasteiger charge is -2.09. The van der Waals surface area contributed by atoms with Gasteiger partial charge >= 0.3 is 5.97 Å². The molecule has 1 atom stereocenters. The number of hydrogen-bond donors (Lipinski definition) is 1. The average molecular weight is 207 g/mol. The smallest absolute Gasteiger partial charge is 0.326 e. The summed E-state index contributed by atoms with van der Waals surface area (Å²) in [7, 11) is 0. The van der Waals surface area contributed by atoms with E-state index in [1.54, 1.807) is 35.9 Å². The van der Waals surface area contributed by atoms with Crippen LogP contribution in [0.5, 0.6) is 0 Å². The number of nitrogens with zero attached hydrogens (tertiary/aromatic N) is 1. The summed E-state index contributed by atoms with van der Waals surface area (Å²) in [4.78, 5) is 10.8. The van der Waals surface area contributed by atoms with E-state index in [-0.39, 0.29) is 5.82 Å². The minimum Gasteiger partial charge on any atom is -0.480 e. The van der Waals surface area contributed by atoms with Crippen molar-refractivity contribution in [1.82, 2.24) is 4.57 Å². The number of aliphatic carboxylic acids is 1. The van der Waals surface area contributed by atoms with Crippen LogP contribution in [0.3, 0.4) is 0 Å². The number of rotatable bonds is 2. The van der Waals surface area contributed by atoms with Gasteiger partial charge in [-0.2, -0.15) is 0 Å². The second kappa shape index (κ2) is 3.38. The molecular weight excluding hydrogens is 197 g/mol. The van der Waals surface area contributed by atoms with Crippen LogP contribution < -0.4 is 0 Å². The minimum absolute atomic E-state index is 0.330. The molecule has 3 nitrogen and oxygen atoms in total. The normalized spacial score (nSPS) is 12.9. The molecule has 0 saturated heterocycles. The molecule has 78 valence electrons. The maximum Gasteiger partial charge on any atom is 0.326 e. The predicted molar refractivity (Wildman–Crippen MR) is 54.2 cm³/mol. The van der Waals surface area contributed by atoms with E-state index in [9.17, 15) is 9.18 Å². The average Bonchev–Trinajstić information content (AvgIpc) is 2.61. The zero-order valence-corrected chi connectivity index (χ0v) is 8.14. The lowest BCUT2D eigenvalue weighted by Crippen LogP contribution is -2.14. The molecular formula is C11H10FNO2. The standard InChI is InChI=1S/C11H10FNO2/c1-7(11(14)15)13-6-5-8-9(12)3-2-4-10(8)13/h2-7H,1H3,(H,14,15)/t7-/m0/s1. The molecule has 0 fully saturated rings. The number of halogens is 1. The third-order valence-corrected chi connectivity index (χ3v) is 2.48. The van der Waals surface area contributed by atoms with E-state index in [4.69, 9.17) is 5.11 Å². The Bertz CT molecular complexity index is 518. The molecule has 0 aliphatic rings. The highest BCUT2D eigenvalue weighted by atomic mass is 19.1. The highest BCUT2D eigenvalue weighted by Crippen LogP contribution is 2.22. The summed E-state index contributed by atoms with van der Waals surface area (Å²) in [5.74, 6) is -1.26. The van der Waals surface area contributed by atoms with Crippen LogP contribution in [0.1, 0.15) is 13.0 Å². The number of carboxylic acid groups (broad SMARTS) is 1. The van der Waals surface area contributed by atoms with E-state index in [2.05, 4.69) is 0 Å². The van der Waals surface area contributed by atoms with Gasteiger partial charge in [-0.1, -0.05) is 6.07 Å². The van der Waals surface area contributed by atoms with E-state index in [1.807, 2.05) is 0 Å². The molecule has 0 spiro atoms. The zero-order chi connectivity index (χ0) is 11.0. The number of benzene rings is 1. The Balaban J connectivity index is 2.64. The van der Waals surface area contributed by atoms with Crippen LogP contribution in [0.15, 0.2) is 30.5 Å². The van der Waals surface area contributed by atoms with Gasteiger partial charge in [0, 0.05) is 11.6 Å². The Labute approximate surface area is 85.7 Å². The zero-order valence-electron chi connectivity index (χ0n) is 8.14. The highest BCUT2D eigenvalue weighted by Gasteiger charge is 2.15. The third-order valence-electron chi connectivity index (χ3n) is 2.48. The molecule has 4 heteroatoms. The Morgan fingerprint density at radius 2 is 2.20 bits per heavy atom. The van der Waals surface area contributed by atoms with Crippen molar-refractivity contribution in [1.29, 1.82) is 0 Å². The van der Waals surface area contributed by atoms with Gasteiger partial charge in [0.25, 0.3) is 0 Å². The fraction of sp³-hybridized carbons (Fsp3) is 0.182. The van der Waals surface area contributed by atoms with Crippen molar-refractivity contribution in [2.24, 2.45) is 0 Å². The number of carboxylic acids is 1. The van der Waals surface area contributed by atoms with Gasteiger partial charge in [-0.05, 0) is 25.1 Å². The number of carbonyl (C=O) groups is 1. The molecule has 0 unspecified atom stereocenters. The highest BCUT2D eigenvalue weighted by molar-refractivity contribution is 5.83. The van der Waals surface area contributed by atoms with Gasteiger partial charge < -0.3 is 9.67 Å². The van der Waals surface area contributed by atoms with E-state index in [0.717, 1.165) is 0 Å². The molecule has 1 aromatic heterocycles.